The van der Waals surface area contributed by atoms with E-state index in [2.05, 4.69) is 16.8 Å². The van der Waals surface area contributed by atoms with Gasteiger partial charge in [0, 0.05) is 22.5 Å². The first-order chi connectivity index (χ1) is 15.0. The molecular formula is C24H24ClN3O2S. The zero-order chi connectivity index (χ0) is 21.8. The molecule has 4 rings (SSSR count). The van der Waals surface area contributed by atoms with Gasteiger partial charge in [0.25, 0.3) is 5.56 Å². The van der Waals surface area contributed by atoms with Crippen molar-refractivity contribution in [3.63, 3.8) is 0 Å². The van der Waals surface area contributed by atoms with Crippen LogP contribution in [-0.2, 0) is 6.54 Å². The molecule has 2 N–H and O–H groups in total. The fraction of sp³-hybridized carbons (Fsp3) is 0.250. The fourth-order valence-electron chi connectivity index (χ4n) is 3.70. The van der Waals surface area contributed by atoms with Crippen LogP contribution in [0.1, 0.15) is 30.8 Å². The normalized spacial score (nSPS) is 12.5. The van der Waals surface area contributed by atoms with Crippen LogP contribution in [0.15, 0.2) is 64.8 Å². The van der Waals surface area contributed by atoms with Gasteiger partial charge in [0.15, 0.2) is 0 Å². The number of aromatic nitrogens is 2. The molecule has 0 saturated carbocycles. The molecule has 0 amide bonds. The predicted octanol–water partition coefficient (Wildman–Crippen LogP) is 5.25. The largest absolute Gasteiger partial charge is 0.387 e. The van der Waals surface area contributed by atoms with Crippen molar-refractivity contribution < 1.29 is 5.11 Å². The Kier molecular flexibility index (Phi) is 6.83. The molecule has 0 radical (unpaired) electrons. The maximum Gasteiger partial charge on any atom is 0.260 e. The highest BCUT2D eigenvalue weighted by atomic mass is 35.5. The van der Waals surface area contributed by atoms with Crippen LogP contribution >= 0.6 is 22.9 Å². The molecule has 2 aromatic heterocycles. The molecule has 0 aliphatic carbocycles. The van der Waals surface area contributed by atoms with Gasteiger partial charge < -0.3 is 10.1 Å². The van der Waals surface area contributed by atoms with E-state index in [1.165, 1.54) is 11.3 Å². The molecule has 31 heavy (non-hydrogen) atoms. The summed E-state index contributed by atoms with van der Waals surface area (Å²) < 4.78 is 0. The van der Waals surface area contributed by atoms with Crippen molar-refractivity contribution >= 4 is 33.2 Å². The number of nitrogens with zero attached hydrogens (tertiary/aromatic N) is 2. The first kappa shape index (κ1) is 21.7. The van der Waals surface area contributed by atoms with Crippen molar-refractivity contribution in [2.75, 3.05) is 13.1 Å². The Morgan fingerprint density at radius 1 is 1.16 bits per heavy atom. The summed E-state index contributed by atoms with van der Waals surface area (Å²) in [6.07, 6.45) is 0.342. The second kappa shape index (κ2) is 9.75. The van der Waals surface area contributed by atoms with Crippen molar-refractivity contribution in [2.24, 2.45) is 0 Å². The highest BCUT2D eigenvalue weighted by Crippen LogP contribution is 2.31. The van der Waals surface area contributed by atoms with Crippen LogP contribution in [0.5, 0.6) is 0 Å². The van der Waals surface area contributed by atoms with Crippen molar-refractivity contribution in [3.8, 4) is 11.1 Å². The Balaban J connectivity index is 1.58. The number of hydrogen-bond donors (Lipinski definition) is 2. The van der Waals surface area contributed by atoms with Gasteiger partial charge in [-0.25, -0.2) is 4.98 Å². The zero-order valence-electron chi connectivity index (χ0n) is 17.2. The average molecular weight is 454 g/mol. The quantitative estimate of drug-likeness (QED) is 0.382. The molecule has 0 saturated heterocycles. The molecule has 0 aliphatic heterocycles. The van der Waals surface area contributed by atoms with Gasteiger partial charge in [0.2, 0.25) is 0 Å². The van der Waals surface area contributed by atoms with E-state index in [4.69, 9.17) is 16.6 Å². The average Bonchev–Trinajstić information content (AvgIpc) is 3.19. The van der Waals surface area contributed by atoms with Gasteiger partial charge in [-0.15, -0.1) is 11.3 Å². The van der Waals surface area contributed by atoms with E-state index in [-0.39, 0.29) is 5.56 Å². The molecule has 160 valence electrons. The Hall–Kier alpha value is -2.51. The number of aliphatic hydroxyl groups is 1. The monoisotopic (exact) mass is 453 g/mol. The fourth-order valence-corrected chi connectivity index (χ4v) is 4.79. The van der Waals surface area contributed by atoms with Gasteiger partial charge in [-0.05, 0) is 36.2 Å². The van der Waals surface area contributed by atoms with E-state index in [1.807, 2.05) is 60.0 Å². The van der Waals surface area contributed by atoms with Gasteiger partial charge in [0.1, 0.15) is 10.7 Å². The molecule has 1 unspecified atom stereocenters. The van der Waals surface area contributed by atoms with Crippen LogP contribution < -0.4 is 5.56 Å². The molecule has 7 heteroatoms. The minimum absolute atomic E-state index is 0.147. The van der Waals surface area contributed by atoms with E-state index in [0.717, 1.165) is 29.7 Å². The Morgan fingerprint density at radius 3 is 2.61 bits per heavy atom. The topological polar surface area (TPSA) is 69.2 Å². The number of rotatable bonds is 8. The molecule has 0 spiro atoms. The number of thiophene rings is 1. The number of fused-ring (bicyclic) bond motifs is 1. The standard InChI is InChI=1S/C24H24ClN3O2S/c1-2-12-28(13-20(29)17-6-4-3-5-7-17)14-21-26-23(30)22-19(15-31-24(22)27-21)16-8-10-18(25)11-9-16/h3-11,15,20,29H,2,12-14H2,1H3,(H,26,27,30). The van der Waals surface area contributed by atoms with Crippen LogP contribution in [0.2, 0.25) is 5.02 Å². The lowest BCUT2D eigenvalue weighted by molar-refractivity contribution is 0.107. The highest BCUT2D eigenvalue weighted by Gasteiger charge is 2.17. The van der Waals surface area contributed by atoms with Gasteiger partial charge >= 0.3 is 0 Å². The van der Waals surface area contributed by atoms with E-state index in [0.29, 0.717) is 34.2 Å². The third kappa shape index (κ3) is 5.05. The van der Waals surface area contributed by atoms with Crippen LogP contribution in [-0.4, -0.2) is 33.1 Å². The van der Waals surface area contributed by atoms with Gasteiger partial charge in [-0.3, -0.25) is 9.69 Å². The summed E-state index contributed by atoms with van der Waals surface area (Å²) in [7, 11) is 0. The molecule has 2 heterocycles. The minimum Gasteiger partial charge on any atom is -0.387 e. The molecule has 0 bridgehead atoms. The van der Waals surface area contributed by atoms with Gasteiger partial charge in [0.05, 0.1) is 18.0 Å². The number of benzene rings is 2. The lowest BCUT2D eigenvalue weighted by Gasteiger charge is -2.24. The summed E-state index contributed by atoms with van der Waals surface area (Å²) in [6, 6.07) is 17.1. The third-order valence-electron chi connectivity index (χ3n) is 5.18. The lowest BCUT2D eigenvalue weighted by atomic mass is 10.1. The van der Waals surface area contributed by atoms with Crippen molar-refractivity contribution in [2.45, 2.75) is 26.0 Å². The summed E-state index contributed by atoms with van der Waals surface area (Å²) in [4.78, 5) is 23.4. The maximum atomic E-state index is 12.9. The Bertz CT molecular complexity index is 1210. The van der Waals surface area contributed by atoms with Crippen molar-refractivity contribution in [1.82, 2.24) is 14.9 Å². The molecule has 1 atom stereocenters. The summed E-state index contributed by atoms with van der Waals surface area (Å²) in [6.45, 7) is 3.84. The van der Waals surface area contributed by atoms with Crippen molar-refractivity contribution in [1.29, 1.82) is 0 Å². The van der Waals surface area contributed by atoms with Crippen LogP contribution in [0.4, 0.5) is 0 Å². The van der Waals surface area contributed by atoms with E-state index < -0.39 is 6.10 Å². The summed E-state index contributed by atoms with van der Waals surface area (Å²) >= 11 is 7.45. The minimum atomic E-state index is -0.596. The predicted molar refractivity (Wildman–Crippen MR) is 128 cm³/mol. The first-order valence-electron chi connectivity index (χ1n) is 10.3. The number of H-pyrrole nitrogens is 1. The van der Waals surface area contributed by atoms with E-state index in [9.17, 15) is 9.90 Å². The first-order valence-corrected chi connectivity index (χ1v) is 11.5. The van der Waals surface area contributed by atoms with Crippen LogP contribution in [0, 0.1) is 0 Å². The number of hydrogen-bond acceptors (Lipinski definition) is 5. The van der Waals surface area contributed by atoms with Crippen LogP contribution in [0.3, 0.4) is 0 Å². The molecule has 4 aromatic rings. The zero-order valence-corrected chi connectivity index (χ0v) is 18.8. The molecule has 0 fully saturated rings. The van der Waals surface area contributed by atoms with E-state index >= 15 is 0 Å². The Labute approximate surface area is 190 Å². The highest BCUT2D eigenvalue weighted by molar-refractivity contribution is 7.17. The Morgan fingerprint density at radius 2 is 1.90 bits per heavy atom. The smallest absolute Gasteiger partial charge is 0.260 e. The molecule has 2 aromatic carbocycles. The number of halogens is 1. The SMILES string of the molecule is CCCN(Cc1nc2scc(-c3ccc(Cl)cc3)c2c(=O)[nH]1)CC(O)c1ccccc1. The summed E-state index contributed by atoms with van der Waals surface area (Å²) in [5, 5.41) is 13.8. The van der Waals surface area contributed by atoms with Crippen molar-refractivity contribution in [3.05, 3.63) is 86.7 Å². The number of nitrogens with one attached hydrogen (secondary N) is 1. The molecular weight excluding hydrogens is 430 g/mol. The number of aromatic amines is 1. The lowest BCUT2D eigenvalue weighted by Crippen LogP contribution is -2.30. The van der Waals surface area contributed by atoms with Gasteiger partial charge in [-0.1, -0.05) is 61.0 Å². The van der Waals surface area contributed by atoms with E-state index in [1.54, 1.807) is 0 Å². The maximum absolute atomic E-state index is 12.9. The second-order valence-electron chi connectivity index (χ2n) is 7.51. The van der Waals surface area contributed by atoms with Crippen LogP contribution in [0.25, 0.3) is 21.3 Å². The molecule has 5 nitrogen and oxygen atoms in total. The second-order valence-corrected chi connectivity index (χ2v) is 8.81. The number of aliphatic hydroxyl groups excluding tert-OH is 1. The third-order valence-corrected chi connectivity index (χ3v) is 6.30. The summed E-state index contributed by atoms with van der Waals surface area (Å²) in [5.41, 5.74) is 2.54. The van der Waals surface area contributed by atoms with Gasteiger partial charge in [-0.2, -0.15) is 0 Å². The summed E-state index contributed by atoms with van der Waals surface area (Å²) in [5.74, 6) is 0.607. The molecule has 0 aliphatic rings.